The molecule has 1 fully saturated rings. The molecule has 0 amide bonds. The average molecular weight is 311 g/mol. The van der Waals surface area contributed by atoms with E-state index in [4.69, 9.17) is 4.52 Å². The van der Waals surface area contributed by atoms with Gasteiger partial charge in [-0.25, -0.2) is 0 Å². The quantitative estimate of drug-likeness (QED) is 0.874. The molecular formula is C16H29N3OS. The topological polar surface area (TPSA) is 41.3 Å². The van der Waals surface area contributed by atoms with Gasteiger partial charge in [-0.1, -0.05) is 32.9 Å². The molecule has 0 bridgehead atoms. The van der Waals surface area contributed by atoms with Crippen molar-refractivity contribution in [3.05, 3.63) is 17.5 Å². The second-order valence-electron chi connectivity index (χ2n) is 6.94. The van der Waals surface area contributed by atoms with E-state index in [1.165, 1.54) is 12.2 Å². The van der Waals surface area contributed by atoms with Crippen molar-refractivity contribution in [3.63, 3.8) is 0 Å². The standard InChI is InChI=1S/C16H29N3OS/c1-13(2)10-17-11-14-9-15(20-18-14)12-19-6-5-16(3,4)21-8-7-19/h9,13,17H,5-8,10-12H2,1-4H3. The zero-order chi connectivity index (χ0) is 15.3. The molecule has 0 aliphatic carbocycles. The Kier molecular flexibility index (Phi) is 6.14. The average Bonchev–Trinajstić information content (AvgIpc) is 2.75. The lowest BCUT2D eigenvalue weighted by Gasteiger charge is -2.21. The van der Waals surface area contributed by atoms with E-state index in [0.717, 1.165) is 44.2 Å². The monoisotopic (exact) mass is 311 g/mol. The third kappa shape index (κ3) is 6.01. The number of nitrogens with one attached hydrogen (secondary N) is 1. The molecule has 0 spiro atoms. The van der Waals surface area contributed by atoms with Crippen LogP contribution in [0.1, 0.15) is 45.6 Å². The van der Waals surface area contributed by atoms with E-state index in [9.17, 15) is 0 Å². The van der Waals surface area contributed by atoms with Crippen molar-refractivity contribution in [2.45, 2.75) is 52.0 Å². The van der Waals surface area contributed by atoms with Crippen LogP contribution in [0.3, 0.4) is 0 Å². The molecule has 1 aliphatic heterocycles. The molecule has 2 rings (SSSR count). The zero-order valence-electron chi connectivity index (χ0n) is 13.8. The highest BCUT2D eigenvalue weighted by Crippen LogP contribution is 2.31. The molecule has 0 atom stereocenters. The molecule has 0 aromatic carbocycles. The van der Waals surface area contributed by atoms with Crippen LogP contribution in [0, 0.1) is 5.92 Å². The first kappa shape index (κ1) is 16.8. The van der Waals surface area contributed by atoms with Crippen molar-refractivity contribution in [2.75, 3.05) is 25.4 Å². The molecule has 1 N–H and O–H groups in total. The number of aromatic nitrogens is 1. The SMILES string of the molecule is CC(C)CNCc1cc(CN2CCSC(C)(C)CC2)on1. The van der Waals surface area contributed by atoms with Crippen LogP contribution in [-0.4, -0.2) is 40.2 Å². The second-order valence-corrected chi connectivity index (χ2v) is 8.75. The van der Waals surface area contributed by atoms with Gasteiger partial charge in [0.25, 0.3) is 0 Å². The van der Waals surface area contributed by atoms with E-state index in [1.807, 2.05) is 0 Å². The van der Waals surface area contributed by atoms with E-state index in [-0.39, 0.29) is 0 Å². The molecule has 21 heavy (non-hydrogen) atoms. The second kappa shape index (κ2) is 7.65. The van der Waals surface area contributed by atoms with Crippen molar-refractivity contribution in [2.24, 2.45) is 5.92 Å². The van der Waals surface area contributed by atoms with Crippen molar-refractivity contribution < 1.29 is 4.52 Å². The molecular weight excluding hydrogens is 282 g/mol. The molecule has 1 saturated heterocycles. The fourth-order valence-corrected chi connectivity index (χ4v) is 3.58. The molecule has 2 heterocycles. The smallest absolute Gasteiger partial charge is 0.151 e. The highest BCUT2D eigenvalue weighted by Gasteiger charge is 2.24. The van der Waals surface area contributed by atoms with Gasteiger partial charge in [-0.15, -0.1) is 0 Å². The van der Waals surface area contributed by atoms with Gasteiger partial charge < -0.3 is 9.84 Å². The van der Waals surface area contributed by atoms with E-state index in [1.54, 1.807) is 0 Å². The maximum atomic E-state index is 5.48. The Bertz CT molecular complexity index is 431. The van der Waals surface area contributed by atoms with Crippen molar-refractivity contribution in [3.8, 4) is 0 Å². The number of hydrogen-bond acceptors (Lipinski definition) is 5. The normalized spacial score (nSPS) is 19.9. The van der Waals surface area contributed by atoms with Crippen LogP contribution in [0.5, 0.6) is 0 Å². The minimum atomic E-state index is 0.405. The van der Waals surface area contributed by atoms with E-state index in [2.05, 4.69) is 60.9 Å². The number of hydrogen-bond donors (Lipinski definition) is 1. The zero-order valence-corrected chi connectivity index (χ0v) is 14.6. The van der Waals surface area contributed by atoms with Gasteiger partial charge in [0.05, 0.1) is 12.2 Å². The first-order valence-corrected chi connectivity index (χ1v) is 8.95. The van der Waals surface area contributed by atoms with Crippen LogP contribution in [0.4, 0.5) is 0 Å². The Morgan fingerprint density at radius 2 is 2.24 bits per heavy atom. The van der Waals surface area contributed by atoms with Gasteiger partial charge >= 0.3 is 0 Å². The first-order chi connectivity index (χ1) is 9.94. The fraction of sp³-hybridized carbons (Fsp3) is 0.812. The molecule has 0 radical (unpaired) electrons. The summed E-state index contributed by atoms with van der Waals surface area (Å²) in [6.45, 7) is 14.1. The van der Waals surface area contributed by atoms with Gasteiger partial charge in [-0.3, -0.25) is 4.90 Å². The molecule has 1 aromatic heterocycles. The van der Waals surface area contributed by atoms with Crippen molar-refractivity contribution in [1.29, 1.82) is 0 Å². The Balaban J connectivity index is 1.79. The molecule has 0 saturated carbocycles. The summed E-state index contributed by atoms with van der Waals surface area (Å²) in [4.78, 5) is 2.48. The largest absolute Gasteiger partial charge is 0.360 e. The lowest BCUT2D eigenvalue weighted by atomic mass is 10.1. The summed E-state index contributed by atoms with van der Waals surface area (Å²) in [6.07, 6.45) is 1.23. The molecule has 5 heteroatoms. The van der Waals surface area contributed by atoms with Crippen LogP contribution in [0.15, 0.2) is 10.6 Å². The van der Waals surface area contributed by atoms with Crippen molar-refractivity contribution >= 4 is 11.8 Å². The third-order valence-corrected chi connectivity index (χ3v) is 5.15. The minimum Gasteiger partial charge on any atom is -0.360 e. The Hall–Kier alpha value is -0.520. The van der Waals surface area contributed by atoms with Crippen LogP contribution in [0.2, 0.25) is 0 Å². The van der Waals surface area contributed by atoms with E-state index in [0.29, 0.717) is 10.7 Å². The van der Waals surface area contributed by atoms with Crippen LogP contribution in [0.25, 0.3) is 0 Å². The number of nitrogens with zero attached hydrogens (tertiary/aromatic N) is 2. The summed E-state index contributed by atoms with van der Waals surface area (Å²) >= 11 is 2.08. The fourth-order valence-electron chi connectivity index (χ4n) is 2.44. The predicted octanol–water partition coefficient (Wildman–Crippen LogP) is 3.14. The highest BCUT2D eigenvalue weighted by molar-refractivity contribution is 8.00. The Morgan fingerprint density at radius 1 is 1.43 bits per heavy atom. The summed E-state index contributed by atoms with van der Waals surface area (Å²) in [6, 6.07) is 2.09. The summed E-state index contributed by atoms with van der Waals surface area (Å²) < 4.78 is 5.88. The Morgan fingerprint density at radius 3 is 3.00 bits per heavy atom. The molecule has 1 aliphatic rings. The summed E-state index contributed by atoms with van der Waals surface area (Å²) in [7, 11) is 0. The van der Waals surface area contributed by atoms with Gasteiger partial charge in [-0.2, -0.15) is 11.8 Å². The van der Waals surface area contributed by atoms with Gasteiger partial charge in [0, 0.05) is 29.7 Å². The van der Waals surface area contributed by atoms with E-state index < -0.39 is 0 Å². The lowest BCUT2D eigenvalue weighted by Crippen LogP contribution is -2.26. The maximum absolute atomic E-state index is 5.48. The molecule has 0 unspecified atom stereocenters. The van der Waals surface area contributed by atoms with E-state index >= 15 is 0 Å². The van der Waals surface area contributed by atoms with Crippen LogP contribution >= 0.6 is 11.8 Å². The lowest BCUT2D eigenvalue weighted by molar-refractivity contribution is 0.238. The minimum absolute atomic E-state index is 0.405. The van der Waals surface area contributed by atoms with Gasteiger partial charge in [0.1, 0.15) is 0 Å². The first-order valence-electron chi connectivity index (χ1n) is 7.96. The molecule has 1 aromatic rings. The van der Waals surface area contributed by atoms with Gasteiger partial charge in [-0.05, 0) is 25.4 Å². The van der Waals surface area contributed by atoms with Gasteiger partial charge in [0.2, 0.25) is 0 Å². The van der Waals surface area contributed by atoms with Crippen LogP contribution in [-0.2, 0) is 13.1 Å². The Labute approximate surface area is 133 Å². The maximum Gasteiger partial charge on any atom is 0.151 e. The number of thioether (sulfide) groups is 1. The number of rotatable bonds is 6. The van der Waals surface area contributed by atoms with Crippen LogP contribution < -0.4 is 5.32 Å². The predicted molar refractivity (Wildman–Crippen MR) is 89.5 cm³/mol. The van der Waals surface area contributed by atoms with Gasteiger partial charge in [0.15, 0.2) is 5.76 Å². The summed E-state index contributed by atoms with van der Waals surface area (Å²) in [5.41, 5.74) is 1.01. The highest BCUT2D eigenvalue weighted by atomic mass is 32.2. The summed E-state index contributed by atoms with van der Waals surface area (Å²) in [5, 5.41) is 7.56. The molecule has 4 nitrogen and oxygen atoms in total. The third-order valence-electron chi connectivity index (χ3n) is 3.78. The van der Waals surface area contributed by atoms with Crippen molar-refractivity contribution in [1.82, 2.24) is 15.4 Å². The molecule has 120 valence electrons. The summed E-state index contributed by atoms with van der Waals surface area (Å²) in [5.74, 6) is 2.85.